The van der Waals surface area contributed by atoms with Crippen LogP contribution in [0.5, 0.6) is 0 Å². The molecule has 4 nitrogen and oxygen atoms in total. The van der Waals surface area contributed by atoms with Crippen molar-refractivity contribution in [2.75, 3.05) is 6.54 Å². The molecule has 5 aromatic rings. The van der Waals surface area contributed by atoms with E-state index < -0.39 is 30.0 Å². The van der Waals surface area contributed by atoms with Gasteiger partial charge in [0.1, 0.15) is 17.0 Å². The number of imidazole rings is 1. The molecule has 47 heavy (non-hydrogen) atoms. The zero-order valence-corrected chi connectivity index (χ0v) is 31.5. The molecule has 0 aliphatic heterocycles. The monoisotopic (exact) mass is 744 g/mol. The van der Waals surface area contributed by atoms with E-state index in [0.717, 1.165) is 40.6 Å². The van der Waals surface area contributed by atoms with Crippen molar-refractivity contribution in [1.82, 2.24) is 14.4 Å². The molecule has 0 spiro atoms. The van der Waals surface area contributed by atoms with Crippen LogP contribution in [-0.4, -0.2) is 45.5 Å². The number of hydrogen-bond donors (Lipinski definition) is 0. The van der Waals surface area contributed by atoms with Gasteiger partial charge in [-0.15, -0.1) is 0 Å². The minimum absolute atomic E-state index is 0.161. The molecule has 3 aromatic heterocycles. The van der Waals surface area contributed by atoms with Crippen molar-refractivity contribution < 1.29 is 8.78 Å². The normalized spacial score (nSPS) is 12.2. The molecule has 0 amide bonds. The predicted molar refractivity (Wildman–Crippen MR) is 197 cm³/mol. The van der Waals surface area contributed by atoms with Crippen LogP contribution in [0.25, 0.3) is 38.9 Å². The van der Waals surface area contributed by atoms with Crippen LogP contribution in [0.15, 0.2) is 72.0 Å². The first-order valence-electron chi connectivity index (χ1n) is 17.7. The zero-order valence-electron chi connectivity index (χ0n) is 28.7. The molecular formula is C40H50F2N4Sn. The predicted octanol–water partition coefficient (Wildman–Crippen LogP) is 11.9. The molecule has 0 saturated carbocycles. The van der Waals surface area contributed by atoms with Gasteiger partial charge in [0.15, 0.2) is 5.82 Å². The van der Waals surface area contributed by atoms with Gasteiger partial charge in [0.25, 0.3) is 0 Å². The van der Waals surface area contributed by atoms with E-state index in [9.17, 15) is 8.78 Å². The summed E-state index contributed by atoms with van der Waals surface area (Å²) in [5.74, 6) is -1.29. The Balaban J connectivity index is 1.22. The Labute approximate surface area is 283 Å². The number of aliphatic imine (C=N–C) groups is 1. The molecule has 0 saturated heterocycles. The van der Waals surface area contributed by atoms with E-state index in [0.29, 0.717) is 16.6 Å². The first-order valence-corrected chi connectivity index (χ1v) is 25.8. The maximum absolute atomic E-state index is 14.6. The second-order valence-corrected chi connectivity index (χ2v) is 27.6. The van der Waals surface area contributed by atoms with Crippen LogP contribution in [0, 0.1) is 18.6 Å². The van der Waals surface area contributed by atoms with Gasteiger partial charge in [-0.05, 0) is 19.1 Å². The molecule has 0 unspecified atom stereocenters. The molecule has 0 aliphatic carbocycles. The van der Waals surface area contributed by atoms with Crippen molar-refractivity contribution in [2.24, 2.45) is 4.99 Å². The molecule has 5 rings (SSSR count). The van der Waals surface area contributed by atoms with Crippen molar-refractivity contribution in [3.8, 4) is 22.4 Å². The second kappa shape index (κ2) is 16.8. The SMILES string of the molecule is CCC[CH2][Sn]([CH2]CCC)([CH2]CCC)[CH2]CCCN=Cc1ccc(-c2ccn3c(-c4cc(C)nc5c(F)cc(F)cc45)cnc3c2)cc1. The average Bonchev–Trinajstić information content (AvgIpc) is 3.50. The summed E-state index contributed by atoms with van der Waals surface area (Å²) in [5, 5.41) is 0.429. The number of aromatic nitrogens is 3. The van der Waals surface area contributed by atoms with Crippen molar-refractivity contribution >= 4 is 41.1 Å². The van der Waals surface area contributed by atoms with E-state index >= 15 is 0 Å². The van der Waals surface area contributed by atoms with Crippen molar-refractivity contribution in [3.63, 3.8) is 0 Å². The van der Waals surface area contributed by atoms with E-state index in [4.69, 9.17) is 4.99 Å². The summed E-state index contributed by atoms with van der Waals surface area (Å²) in [6.45, 7) is 9.78. The van der Waals surface area contributed by atoms with E-state index in [1.807, 2.05) is 41.9 Å². The summed E-state index contributed by atoms with van der Waals surface area (Å²) in [6, 6.07) is 16.6. The van der Waals surface area contributed by atoms with Gasteiger partial charge in [0, 0.05) is 28.9 Å². The van der Waals surface area contributed by atoms with Crippen LogP contribution >= 0.6 is 0 Å². The van der Waals surface area contributed by atoms with Crippen LogP contribution < -0.4 is 0 Å². The number of pyridine rings is 2. The van der Waals surface area contributed by atoms with Crippen LogP contribution in [0.4, 0.5) is 8.78 Å². The van der Waals surface area contributed by atoms with Gasteiger partial charge in [-0.1, -0.05) is 0 Å². The average molecular weight is 744 g/mol. The van der Waals surface area contributed by atoms with Crippen LogP contribution in [-0.2, 0) is 0 Å². The van der Waals surface area contributed by atoms with Crippen molar-refractivity contribution in [3.05, 3.63) is 89.9 Å². The third-order valence-corrected chi connectivity index (χ3v) is 25.8. The Morgan fingerprint density at radius 2 is 1.47 bits per heavy atom. The molecule has 0 fully saturated rings. The van der Waals surface area contributed by atoms with Gasteiger partial charge in [-0.25, -0.2) is 18.7 Å². The van der Waals surface area contributed by atoms with Gasteiger partial charge < -0.3 is 0 Å². The molecule has 2 aromatic carbocycles. The minimum atomic E-state index is -2.03. The van der Waals surface area contributed by atoms with Gasteiger partial charge in [0.2, 0.25) is 0 Å². The Hall–Kier alpha value is -3.13. The maximum atomic E-state index is 14.6. The van der Waals surface area contributed by atoms with Gasteiger partial charge in [-0.3, -0.25) is 4.40 Å². The topological polar surface area (TPSA) is 42.5 Å². The number of hydrogen-bond acceptors (Lipinski definition) is 3. The summed E-state index contributed by atoms with van der Waals surface area (Å²) < 4.78 is 37.0. The number of fused-ring (bicyclic) bond motifs is 2. The third kappa shape index (κ3) is 8.87. The van der Waals surface area contributed by atoms with E-state index in [1.165, 1.54) is 57.4 Å². The summed E-state index contributed by atoms with van der Waals surface area (Å²) >= 11 is -2.03. The summed E-state index contributed by atoms with van der Waals surface area (Å²) in [4.78, 5) is 13.8. The molecule has 3 heterocycles. The number of rotatable bonds is 17. The fourth-order valence-corrected chi connectivity index (χ4v) is 23.6. The van der Waals surface area contributed by atoms with Crippen LogP contribution in [0.1, 0.15) is 83.4 Å². The number of benzene rings is 2. The number of aryl methyl sites for hydroxylation is 1. The molecule has 7 heteroatoms. The van der Waals surface area contributed by atoms with Crippen molar-refractivity contribution in [1.29, 1.82) is 0 Å². The van der Waals surface area contributed by atoms with Gasteiger partial charge in [-0.2, -0.15) is 0 Å². The van der Waals surface area contributed by atoms with Gasteiger partial charge in [0.05, 0.1) is 11.9 Å². The summed E-state index contributed by atoms with van der Waals surface area (Å²) in [6.07, 6.45) is 16.6. The van der Waals surface area contributed by atoms with E-state index in [-0.39, 0.29) is 5.52 Å². The number of nitrogens with zero attached hydrogens (tertiary/aromatic N) is 4. The standard InChI is InChI=1S/C28H23F2N4.3C4H9.Sn/c1-3-4-10-31-16-19-5-7-20(8-6-19)21-9-11-34-26(17-32-27(34)13-21)23-12-18(2)33-28-24(23)14-22(29)15-25(28)30;3*1-3-4-2;/h5-9,11-17H,1,3-4,10H2,2H3;3*1,3-4H2,2H3;. The molecule has 0 bridgehead atoms. The second-order valence-electron chi connectivity index (χ2n) is 13.3. The first kappa shape index (κ1) is 35.2. The van der Waals surface area contributed by atoms with Gasteiger partial charge >= 0.3 is 179 Å². The Kier molecular flexibility index (Phi) is 12.6. The molecule has 0 radical (unpaired) electrons. The third-order valence-electron chi connectivity index (χ3n) is 9.66. The fourth-order valence-electron chi connectivity index (χ4n) is 6.99. The van der Waals surface area contributed by atoms with E-state index in [1.54, 1.807) is 23.9 Å². The van der Waals surface area contributed by atoms with Crippen molar-refractivity contribution in [2.45, 2.75) is 96.8 Å². The number of unbranched alkanes of at least 4 members (excludes halogenated alkanes) is 4. The molecule has 0 aliphatic rings. The summed E-state index contributed by atoms with van der Waals surface area (Å²) in [7, 11) is 0. The number of halogens is 2. The zero-order chi connectivity index (χ0) is 33.2. The fraction of sp³-hybridized carbons (Fsp3) is 0.425. The molecule has 248 valence electrons. The quantitative estimate of drug-likeness (QED) is 0.0541. The Bertz CT molecular complexity index is 1770. The Morgan fingerprint density at radius 1 is 0.787 bits per heavy atom. The molecule has 0 N–H and O–H groups in total. The van der Waals surface area contributed by atoms with Crippen LogP contribution in [0.3, 0.4) is 0 Å². The summed E-state index contributed by atoms with van der Waals surface area (Å²) in [5.41, 5.74) is 6.29. The van der Waals surface area contributed by atoms with Crippen LogP contribution in [0.2, 0.25) is 17.7 Å². The molecular weight excluding hydrogens is 693 g/mol. The Morgan fingerprint density at radius 3 is 2.15 bits per heavy atom. The molecule has 0 atom stereocenters. The van der Waals surface area contributed by atoms with E-state index in [2.05, 4.69) is 55.0 Å². The first-order chi connectivity index (χ1) is 22.9.